The highest BCUT2D eigenvalue weighted by atomic mass is 16.5. The van der Waals surface area contributed by atoms with Crippen molar-refractivity contribution in [2.75, 3.05) is 13.2 Å². The highest BCUT2D eigenvalue weighted by Crippen LogP contribution is 2.00. The highest BCUT2D eigenvalue weighted by Gasteiger charge is 1.90. The van der Waals surface area contributed by atoms with Gasteiger partial charge in [0.2, 0.25) is 0 Å². The molecule has 3 nitrogen and oxygen atoms in total. The van der Waals surface area contributed by atoms with E-state index < -0.39 is 0 Å². The number of hydrogen-bond donors (Lipinski definition) is 0. The van der Waals surface area contributed by atoms with E-state index in [1.165, 1.54) is 6.08 Å². The average Bonchev–Trinajstić information content (AvgIpc) is 2.39. The second kappa shape index (κ2) is 9.19. The summed E-state index contributed by atoms with van der Waals surface area (Å²) in [6.45, 7) is 3.28. The van der Waals surface area contributed by atoms with Gasteiger partial charge in [0.05, 0.1) is 19.8 Å². The normalized spacial score (nSPS) is 11.2. The maximum atomic E-state index is 10.9. The Morgan fingerprint density at radius 3 is 2.72 bits per heavy atom. The second-order valence-electron chi connectivity index (χ2n) is 3.54. The van der Waals surface area contributed by atoms with E-state index >= 15 is 0 Å². The van der Waals surface area contributed by atoms with Crippen LogP contribution < -0.4 is 0 Å². The zero-order valence-electron chi connectivity index (χ0n) is 10.5. The summed E-state index contributed by atoms with van der Waals surface area (Å²) in [4.78, 5) is 10.9. The summed E-state index contributed by atoms with van der Waals surface area (Å²) in [6, 6.07) is 9.98. The molecule has 0 bridgehead atoms. The zero-order valence-corrected chi connectivity index (χ0v) is 10.5. The number of allylic oxidation sites excluding steroid dienone is 2. The van der Waals surface area contributed by atoms with E-state index in [0.717, 1.165) is 5.56 Å². The quantitative estimate of drug-likeness (QED) is 0.321. The molecule has 1 rings (SSSR count). The summed E-state index contributed by atoms with van der Waals surface area (Å²) in [5, 5.41) is 0. The summed E-state index contributed by atoms with van der Waals surface area (Å²) in [7, 11) is 0. The van der Waals surface area contributed by atoms with Gasteiger partial charge < -0.3 is 9.47 Å². The number of benzene rings is 1. The topological polar surface area (TPSA) is 35.5 Å². The molecule has 0 radical (unpaired) electrons. The van der Waals surface area contributed by atoms with E-state index in [1.54, 1.807) is 19.1 Å². The molecule has 1 aromatic carbocycles. The second-order valence-corrected chi connectivity index (χ2v) is 3.54. The third-order valence-electron chi connectivity index (χ3n) is 2.09. The van der Waals surface area contributed by atoms with Crippen LogP contribution in [0.2, 0.25) is 0 Å². The molecule has 0 spiro atoms. The first kappa shape index (κ1) is 14.2. The first-order chi connectivity index (χ1) is 8.83. The fraction of sp³-hybridized carbons (Fsp3) is 0.267. The summed E-state index contributed by atoms with van der Waals surface area (Å²) in [6.07, 6.45) is 6.64. The van der Waals surface area contributed by atoms with E-state index in [0.29, 0.717) is 19.8 Å². The monoisotopic (exact) mass is 246 g/mol. The van der Waals surface area contributed by atoms with Gasteiger partial charge in [0, 0.05) is 6.08 Å². The van der Waals surface area contributed by atoms with E-state index in [4.69, 9.17) is 9.47 Å². The van der Waals surface area contributed by atoms with Gasteiger partial charge in [-0.25, -0.2) is 4.79 Å². The van der Waals surface area contributed by atoms with Gasteiger partial charge in [0.1, 0.15) is 0 Å². The van der Waals surface area contributed by atoms with E-state index in [-0.39, 0.29) is 5.97 Å². The molecule has 0 amide bonds. The Balaban J connectivity index is 2.12. The van der Waals surface area contributed by atoms with Gasteiger partial charge in [-0.15, -0.1) is 0 Å². The van der Waals surface area contributed by atoms with Gasteiger partial charge >= 0.3 is 5.97 Å². The smallest absolute Gasteiger partial charge is 0.330 e. The largest absolute Gasteiger partial charge is 0.463 e. The summed E-state index contributed by atoms with van der Waals surface area (Å²) >= 11 is 0. The Bertz CT molecular complexity index is 393. The molecule has 0 saturated heterocycles. The van der Waals surface area contributed by atoms with Crippen molar-refractivity contribution in [1.29, 1.82) is 0 Å². The van der Waals surface area contributed by atoms with Crippen molar-refractivity contribution in [3.63, 3.8) is 0 Å². The Morgan fingerprint density at radius 2 is 2.00 bits per heavy atom. The molecule has 0 fully saturated rings. The van der Waals surface area contributed by atoms with Crippen molar-refractivity contribution < 1.29 is 14.3 Å². The maximum Gasteiger partial charge on any atom is 0.330 e. The molecule has 0 saturated carbocycles. The van der Waals surface area contributed by atoms with Crippen LogP contribution in [0.15, 0.2) is 54.6 Å². The van der Waals surface area contributed by atoms with Crippen molar-refractivity contribution >= 4 is 5.97 Å². The molecular weight excluding hydrogens is 228 g/mol. The molecule has 0 atom stereocenters. The molecule has 0 aliphatic rings. The highest BCUT2D eigenvalue weighted by molar-refractivity contribution is 5.82. The minimum Gasteiger partial charge on any atom is -0.463 e. The number of carbonyl (C=O) groups is 1. The summed E-state index contributed by atoms with van der Waals surface area (Å²) in [5.74, 6) is -0.327. The van der Waals surface area contributed by atoms with Crippen LogP contribution >= 0.6 is 0 Å². The van der Waals surface area contributed by atoms with Crippen LogP contribution in [0.1, 0.15) is 12.5 Å². The van der Waals surface area contributed by atoms with Gasteiger partial charge in [-0.3, -0.25) is 0 Å². The molecule has 18 heavy (non-hydrogen) atoms. The number of hydrogen-bond acceptors (Lipinski definition) is 3. The SMILES string of the molecule is CCOC(=O)C=CC=CCOCc1ccccc1. The van der Waals surface area contributed by atoms with Crippen LogP contribution in [-0.4, -0.2) is 19.2 Å². The molecule has 3 heteroatoms. The van der Waals surface area contributed by atoms with Crippen LogP contribution in [-0.2, 0) is 20.9 Å². The van der Waals surface area contributed by atoms with Gasteiger partial charge in [-0.05, 0) is 12.5 Å². The predicted octanol–water partition coefficient (Wildman–Crippen LogP) is 2.88. The number of esters is 1. The lowest BCUT2D eigenvalue weighted by molar-refractivity contribution is -0.137. The third-order valence-corrected chi connectivity index (χ3v) is 2.09. The number of ether oxygens (including phenoxy) is 2. The van der Waals surface area contributed by atoms with Crippen molar-refractivity contribution in [1.82, 2.24) is 0 Å². The van der Waals surface area contributed by atoms with Crippen LogP contribution in [0.3, 0.4) is 0 Å². The number of carbonyl (C=O) groups excluding carboxylic acids is 1. The van der Waals surface area contributed by atoms with Gasteiger partial charge in [0.25, 0.3) is 0 Å². The molecule has 0 aliphatic heterocycles. The van der Waals surface area contributed by atoms with Crippen molar-refractivity contribution in [3.05, 3.63) is 60.2 Å². The lowest BCUT2D eigenvalue weighted by atomic mass is 10.2. The van der Waals surface area contributed by atoms with Crippen LogP contribution in [0.5, 0.6) is 0 Å². The van der Waals surface area contributed by atoms with E-state index in [1.807, 2.05) is 36.4 Å². The minimum absolute atomic E-state index is 0.327. The molecule has 0 aromatic heterocycles. The molecule has 96 valence electrons. The Kier molecular flexibility index (Phi) is 7.25. The Hall–Kier alpha value is -1.87. The molecule has 1 aromatic rings. The third kappa shape index (κ3) is 6.66. The molecular formula is C15H18O3. The Labute approximate surface area is 108 Å². The van der Waals surface area contributed by atoms with Gasteiger partial charge in [0.15, 0.2) is 0 Å². The summed E-state index contributed by atoms with van der Waals surface area (Å²) < 4.78 is 10.2. The van der Waals surface area contributed by atoms with Gasteiger partial charge in [-0.2, -0.15) is 0 Å². The number of rotatable bonds is 7. The van der Waals surface area contributed by atoms with Crippen LogP contribution in [0.25, 0.3) is 0 Å². The molecule has 0 unspecified atom stereocenters. The predicted molar refractivity (Wildman–Crippen MR) is 71.0 cm³/mol. The first-order valence-corrected chi connectivity index (χ1v) is 5.94. The first-order valence-electron chi connectivity index (χ1n) is 5.94. The lowest BCUT2D eigenvalue weighted by Gasteiger charge is -2.00. The van der Waals surface area contributed by atoms with Crippen LogP contribution in [0, 0.1) is 0 Å². The fourth-order valence-corrected chi connectivity index (χ4v) is 1.28. The van der Waals surface area contributed by atoms with E-state index in [9.17, 15) is 4.79 Å². The lowest BCUT2D eigenvalue weighted by Crippen LogP contribution is -1.98. The molecule has 0 N–H and O–H groups in total. The van der Waals surface area contributed by atoms with E-state index in [2.05, 4.69) is 0 Å². The van der Waals surface area contributed by atoms with Crippen molar-refractivity contribution in [3.8, 4) is 0 Å². The average molecular weight is 246 g/mol. The fourth-order valence-electron chi connectivity index (χ4n) is 1.28. The van der Waals surface area contributed by atoms with Gasteiger partial charge in [-0.1, -0.05) is 48.6 Å². The van der Waals surface area contributed by atoms with Crippen LogP contribution in [0.4, 0.5) is 0 Å². The summed E-state index contributed by atoms with van der Waals surface area (Å²) in [5.41, 5.74) is 1.15. The molecule has 0 aliphatic carbocycles. The maximum absolute atomic E-state index is 10.9. The van der Waals surface area contributed by atoms with Crippen molar-refractivity contribution in [2.45, 2.75) is 13.5 Å². The van der Waals surface area contributed by atoms with Crippen molar-refractivity contribution in [2.24, 2.45) is 0 Å². The minimum atomic E-state index is -0.327. The zero-order chi connectivity index (χ0) is 13.1. The Morgan fingerprint density at radius 1 is 1.22 bits per heavy atom. The molecule has 0 heterocycles. The standard InChI is InChI=1S/C15H18O3/c1-2-18-15(16)11-7-4-8-12-17-13-14-9-5-3-6-10-14/h3-11H,2,12-13H2,1H3.